The van der Waals surface area contributed by atoms with Crippen LogP contribution in [0.4, 0.5) is 0 Å². The Morgan fingerprint density at radius 1 is 0.731 bits per heavy atom. The summed E-state index contributed by atoms with van der Waals surface area (Å²) in [5.74, 6) is 0. The lowest BCUT2D eigenvalue weighted by Gasteiger charge is -2.23. The number of aliphatic hydroxyl groups is 3. The van der Waals surface area contributed by atoms with E-state index in [0.29, 0.717) is 0 Å². The number of hydrogen-bond donors (Lipinski definition) is 3. The molecule has 5 nitrogen and oxygen atoms in total. The second kappa shape index (κ2) is 12.3. The predicted octanol–water partition coefficient (Wildman–Crippen LogP) is 3.33. The average molecular weight is 373 g/mol. The second-order valence-electron chi connectivity index (χ2n) is 8.16. The molecule has 6 atom stereocenters. The fraction of sp³-hybridized carbons (Fsp3) is 1.00. The average Bonchev–Trinajstić information content (AvgIpc) is 3.32. The van der Waals surface area contributed by atoms with Gasteiger partial charge < -0.3 is 24.8 Å². The lowest BCUT2D eigenvalue weighted by atomic mass is 10.0. The molecule has 3 N–H and O–H groups in total. The molecule has 2 heterocycles. The van der Waals surface area contributed by atoms with Gasteiger partial charge in [0.1, 0.15) is 6.10 Å². The van der Waals surface area contributed by atoms with Crippen LogP contribution in [0.5, 0.6) is 0 Å². The van der Waals surface area contributed by atoms with Crippen molar-refractivity contribution in [3.8, 4) is 0 Å². The molecule has 0 aromatic heterocycles. The maximum absolute atomic E-state index is 10.4. The van der Waals surface area contributed by atoms with E-state index in [2.05, 4.69) is 6.92 Å². The Morgan fingerprint density at radius 2 is 1.23 bits per heavy atom. The van der Waals surface area contributed by atoms with Crippen LogP contribution in [0, 0.1) is 0 Å². The van der Waals surface area contributed by atoms with E-state index < -0.39 is 6.10 Å². The van der Waals surface area contributed by atoms with Crippen LogP contribution in [0.1, 0.15) is 90.4 Å². The highest BCUT2D eigenvalue weighted by molar-refractivity contribution is 4.89. The van der Waals surface area contributed by atoms with Gasteiger partial charge in [0.2, 0.25) is 0 Å². The van der Waals surface area contributed by atoms with Crippen LogP contribution in [0.25, 0.3) is 0 Å². The number of unbranched alkanes of at least 4 members (excludes halogenated alkanes) is 7. The molecule has 2 aliphatic heterocycles. The molecule has 2 saturated heterocycles. The summed E-state index contributed by atoms with van der Waals surface area (Å²) in [4.78, 5) is 0. The monoisotopic (exact) mass is 372 g/mol. The van der Waals surface area contributed by atoms with Gasteiger partial charge in [-0.15, -0.1) is 0 Å². The van der Waals surface area contributed by atoms with Crippen molar-refractivity contribution < 1.29 is 24.8 Å². The molecule has 2 rings (SSSR count). The lowest BCUT2D eigenvalue weighted by Crippen LogP contribution is -2.34. The predicted molar refractivity (Wildman–Crippen MR) is 102 cm³/mol. The van der Waals surface area contributed by atoms with Crippen LogP contribution in [0.15, 0.2) is 0 Å². The van der Waals surface area contributed by atoms with Gasteiger partial charge in [0.05, 0.1) is 37.1 Å². The Kier molecular flexibility index (Phi) is 10.4. The molecule has 26 heavy (non-hydrogen) atoms. The first kappa shape index (κ1) is 22.1. The Bertz CT molecular complexity index is 364. The molecule has 2 aliphatic rings. The van der Waals surface area contributed by atoms with Gasteiger partial charge in [0.25, 0.3) is 0 Å². The van der Waals surface area contributed by atoms with E-state index in [9.17, 15) is 10.2 Å². The normalized spacial score (nSPS) is 31.4. The highest BCUT2D eigenvalue weighted by atomic mass is 16.6. The third-order valence-corrected chi connectivity index (χ3v) is 5.98. The van der Waals surface area contributed by atoms with Crippen LogP contribution in [0.2, 0.25) is 0 Å². The number of rotatable bonds is 13. The number of hydrogen-bond acceptors (Lipinski definition) is 5. The molecule has 5 heteroatoms. The fourth-order valence-corrected chi connectivity index (χ4v) is 4.28. The Balaban J connectivity index is 1.55. The van der Waals surface area contributed by atoms with Crippen molar-refractivity contribution in [2.45, 2.75) is 127 Å². The van der Waals surface area contributed by atoms with E-state index in [1.165, 1.54) is 44.9 Å². The first-order chi connectivity index (χ1) is 12.7. The largest absolute Gasteiger partial charge is 0.394 e. The molecule has 0 radical (unpaired) electrons. The molecule has 0 aromatic carbocycles. The van der Waals surface area contributed by atoms with Crippen molar-refractivity contribution >= 4 is 0 Å². The van der Waals surface area contributed by atoms with E-state index >= 15 is 0 Å². The Hall–Kier alpha value is -0.200. The molecule has 0 bridgehead atoms. The van der Waals surface area contributed by atoms with E-state index in [1.54, 1.807) is 0 Å². The summed E-state index contributed by atoms with van der Waals surface area (Å²) in [7, 11) is 0. The molecule has 0 aliphatic carbocycles. The highest BCUT2D eigenvalue weighted by Gasteiger charge is 2.40. The summed E-state index contributed by atoms with van der Waals surface area (Å²) >= 11 is 0. The van der Waals surface area contributed by atoms with Gasteiger partial charge in [-0.25, -0.2) is 0 Å². The van der Waals surface area contributed by atoms with Gasteiger partial charge >= 0.3 is 0 Å². The molecule has 0 amide bonds. The molecular weight excluding hydrogens is 332 g/mol. The number of ether oxygens (including phenoxy) is 2. The molecule has 2 fully saturated rings. The summed E-state index contributed by atoms with van der Waals surface area (Å²) in [6, 6.07) is 0. The first-order valence-electron chi connectivity index (χ1n) is 10.9. The first-order valence-corrected chi connectivity index (χ1v) is 10.9. The van der Waals surface area contributed by atoms with Gasteiger partial charge in [-0.2, -0.15) is 0 Å². The van der Waals surface area contributed by atoms with Gasteiger partial charge in [0.15, 0.2) is 0 Å². The smallest absolute Gasteiger partial charge is 0.103 e. The molecule has 154 valence electrons. The van der Waals surface area contributed by atoms with Crippen molar-refractivity contribution in [2.75, 3.05) is 6.61 Å². The minimum absolute atomic E-state index is 0.0125. The van der Waals surface area contributed by atoms with Gasteiger partial charge in [-0.3, -0.25) is 0 Å². The minimum atomic E-state index is -0.801. The van der Waals surface area contributed by atoms with Crippen molar-refractivity contribution in [1.82, 2.24) is 0 Å². The van der Waals surface area contributed by atoms with Crippen molar-refractivity contribution in [2.24, 2.45) is 0 Å². The van der Waals surface area contributed by atoms with E-state index in [-0.39, 0.29) is 37.1 Å². The highest BCUT2D eigenvalue weighted by Crippen LogP contribution is 2.33. The van der Waals surface area contributed by atoms with Gasteiger partial charge in [0, 0.05) is 0 Å². The standard InChI is InChI=1S/C21H40O5/c1-2-3-4-5-6-7-8-9-10-16(23)18-11-13-20(25-18)21-14-12-19(26-21)17(24)15-22/h16-24H,2-15H2,1H3/t16-,17+,18-,19+,20-,21-/m0/s1. The van der Waals surface area contributed by atoms with Crippen LogP contribution >= 0.6 is 0 Å². The SMILES string of the molecule is CCCCCCCCCC[C@H](O)[C@@H]1CC[C@@H]([C@@H]2CC[C@H]([C@H](O)CO)O2)O1. The summed E-state index contributed by atoms with van der Waals surface area (Å²) < 4.78 is 11.9. The summed E-state index contributed by atoms with van der Waals surface area (Å²) in [6.07, 6.45) is 12.9. The molecule has 0 saturated carbocycles. The van der Waals surface area contributed by atoms with Crippen molar-refractivity contribution in [1.29, 1.82) is 0 Å². The quantitative estimate of drug-likeness (QED) is 0.432. The van der Waals surface area contributed by atoms with Crippen molar-refractivity contribution in [3.63, 3.8) is 0 Å². The maximum atomic E-state index is 10.4. The lowest BCUT2D eigenvalue weighted by molar-refractivity contribution is -0.114. The zero-order valence-electron chi connectivity index (χ0n) is 16.5. The van der Waals surface area contributed by atoms with Crippen LogP contribution in [-0.4, -0.2) is 58.6 Å². The molecule has 0 aromatic rings. The van der Waals surface area contributed by atoms with E-state index in [4.69, 9.17) is 14.6 Å². The van der Waals surface area contributed by atoms with E-state index in [1.807, 2.05) is 0 Å². The maximum Gasteiger partial charge on any atom is 0.103 e. The fourth-order valence-electron chi connectivity index (χ4n) is 4.28. The zero-order valence-corrected chi connectivity index (χ0v) is 16.5. The summed E-state index contributed by atoms with van der Waals surface area (Å²) in [6.45, 7) is 1.98. The topological polar surface area (TPSA) is 79.2 Å². The van der Waals surface area contributed by atoms with Crippen LogP contribution in [0.3, 0.4) is 0 Å². The minimum Gasteiger partial charge on any atom is -0.394 e. The Morgan fingerprint density at radius 3 is 1.77 bits per heavy atom. The third-order valence-electron chi connectivity index (χ3n) is 5.98. The molecule has 0 unspecified atom stereocenters. The molecule has 0 spiro atoms. The third kappa shape index (κ3) is 7.08. The second-order valence-corrected chi connectivity index (χ2v) is 8.16. The summed E-state index contributed by atoms with van der Waals surface area (Å²) in [5.41, 5.74) is 0. The number of aliphatic hydroxyl groups excluding tert-OH is 3. The molecular formula is C21H40O5. The van der Waals surface area contributed by atoms with Crippen LogP contribution in [-0.2, 0) is 9.47 Å². The summed E-state index contributed by atoms with van der Waals surface area (Å²) in [5, 5.41) is 29.2. The van der Waals surface area contributed by atoms with Crippen LogP contribution < -0.4 is 0 Å². The van der Waals surface area contributed by atoms with E-state index in [0.717, 1.165) is 38.5 Å². The van der Waals surface area contributed by atoms with Crippen molar-refractivity contribution in [3.05, 3.63) is 0 Å². The van der Waals surface area contributed by atoms with Gasteiger partial charge in [-0.05, 0) is 32.1 Å². The Labute approximate surface area is 159 Å². The zero-order chi connectivity index (χ0) is 18.8. The van der Waals surface area contributed by atoms with Gasteiger partial charge in [-0.1, -0.05) is 58.3 Å².